The number of aromatic nitrogens is 1. The Balaban J connectivity index is 1.30. The molecule has 0 unspecified atom stereocenters. The Bertz CT molecular complexity index is 1240. The maximum Gasteiger partial charge on any atom is 0.285 e. The Labute approximate surface area is 178 Å². The average Bonchev–Trinajstić information content (AvgIpc) is 3.32. The number of amides is 1. The molecule has 9 heteroatoms. The van der Waals surface area contributed by atoms with Crippen molar-refractivity contribution >= 4 is 48.5 Å². The molecule has 1 saturated heterocycles. The number of hydrogen-bond acceptors (Lipinski definition) is 6. The van der Waals surface area contributed by atoms with Crippen LogP contribution in [0.25, 0.3) is 10.2 Å². The molecule has 3 aromatic rings. The third-order valence-electron chi connectivity index (χ3n) is 5.66. The highest BCUT2D eigenvalue weighted by molar-refractivity contribution is 7.90. The minimum Gasteiger partial charge on any atom is -0.355 e. The van der Waals surface area contributed by atoms with Gasteiger partial charge in [-0.2, -0.15) is 8.42 Å². The minimum atomic E-state index is -3.63. The predicted octanol–water partition coefficient (Wildman–Crippen LogP) is 3.12. The molecule has 5 rings (SSSR count). The summed E-state index contributed by atoms with van der Waals surface area (Å²) in [7, 11) is -1.86. The second kappa shape index (κ2) is 7.17. The van der Waals surface area contributed by atoms with E-state index >= 15 is 0 Å². The predicted molar refractivity (Wildman–Crippen MR) is 117 cm³/mol. The minimum absolute atomic E-state index is 0.0510. The second-order valence-electron chi connectivity index (χ2n) is 7.51. The number of piperidine rings is 1. The van der Waals surface area contributed by atoms with Crippen LogP contribution in [0.5, 0.6) is 0 Å². The first-order chi connectivity index (χ1) is 14.4. The number of fused-ring (bicyclic) bond motifs is 2. The van der Waals surface area contributed by atoms with Gasteiger partial charge in [0.2, 0.25) is 5.91 Å². The zero-order valence-electron chi connectivity index (χ0n) is 16.4. The van der Waals surface area contributed by atoms with Gasteiger partial charge in [0.25, 0.3) is 10.0 Å². The molecule has 0 N–H and O–H groups in total. The average molecular weight is 441 g/mol. The van der Waals surface area contributed by atoms with E-state index in [1.165, 1.54) is 11.3 Å². The van der Waals surface area contributed by atoms with Crippen LogP contribution >= 0.6 is 11.3 Å². The summed E-state index contributed by atoms with van der Waals surface area (Å²) in [5.41, 5.74) is 1.54. The third kappa shape index (κ3) is 3.18. The van der Waals surface area contributed by atoms with Crippen molar-refractivity contribution in [2.75, 3.05) is 25.0 Å². The molecular formula is C21H20N4O3S2. The highest BCUT2D eigenvalue weighted by Crippen LogP contribution is 2.32. The van der Waals surface area contributed by atoms with Crippen LogP contribution in [0.1, 0.15) is 18.4 Å². The summed E-state index contributed by atoms with van der Waals surface area (Å²) in [5.74, 6) is 0.429. The lowest BCUT2D eigenvalue weighted by Gasteiger charge is -2.33. The number of anilines is 1. The van der Waals surface area contributed by atoms with E-state index in [1.807, 2.05) is 35.2 Å². The van der Waals surface area contributed by atoms with E-state index in [4.69, 9.17) is 0 Å². The van der Waals surface area contributed by atoms with Gasteiger partial charge < -0.3 is 4.90 Å². The van der Waals surface area contributed by atoms with Crippen LogP contribution in [0.2, 0.25) is 0 Å². The van der Waals surface area contributed by atoms with Crippen molar-refractivity contribution in [3.63, 3.8) is 0 Å². The van der Waals surface area contributed by atoms with Gasteiger partial charge in [-0.15, -0.1) is 4.40 Å². The van der Waals surface area contributed by atoms with Gasteiger partial charge >= 0.3 is 0 Å². The largest absolute Gasteiger partial charge is 0.355 e. The molecule has 0 spiro atoms. The standard InChI is InChI=1S/C21H20N4O3S2/c1-24(21-22-16-7-3-4-8-17(16)29-21)20(26)14-10-12-25(13-11-14)19-15-6-2-5-9-18(15)30(27,28)23-19/h2-9,14H,10-13H2,1H3. The molecule has 7 nitrogen and oxygen atoms in total. The molecule has 0 bridgehead atoms. The van der Waals surface area contributed by atoms with E-state index in [2.05, 4.69) is 9.38 Å². The van der Waals surface area contributed by atoms with Crippen molar-refractivity contribution < 1.29 is 13.2 Å². The van der Waals surface area contributed by atoms with Gasteiger partial charge in [0.05, 0.1) is 10.2 Å². The molecule has 0 aliphatic carbocycles. The molecule has 1 aromatic heterocycles. The van der Waals surface area contributed by atoms with Crippen molar-refractivity contribution in [2.45, 2.75) is 17.7 Å². The fraction of sp³-hybridized carbons (Fsp3) is 0.286. The summed E-state index contributed by atoms with van der Waals surface area (Å²) >= 11 is 1.51. The molecule has 0 atom stereocenters. The Kier molecular flexibility index (Phi) is 4.59. The van der Waals surface area contributed by atoms with Gasteiger partial charge in [-0.25, -0.2) is 4.98 Å². The van der Waals surface area contributed by atoms with Crippen molar-refractivity contribution in [1.82, 2.24) is 9.88 Å². The van der Waals surface area contributed by atoms with E-state index in [-0.39, 0.29) is 16.7 Å². The molecular weight excluding hydrogens is 420 g/mol. The number of nitrogens with zero attached hydrogens (tertiary/aromatic N) is 4. The van der Waals surface area contributed by atoms with Crippen molar-refractivity contribution in [1.29, 1.82) is 0 Å². The number of likely N-dealkylation sites (tertiary alicyclic amines) is 1. The van der Waals surface area contributed by atoms with Gasteiger partial charge in [0, 0.05) is 31.6 Å². The zero-order chi connectivity index (χ0) is 20.9. The lowest BCUT2D eigenvalue weighted by Crippen LogP contribution is -2.43. The molecule has 2 aliphatic rings. The van der Waals surface area contributed by atoms with E-state index in [0.29, 0.717) is 42.5 Å². The summed E-state index contributed by atoms with van der Waals surface area (Å²) < 4.78 is 29.7. The number of carbonyl (C=O) groups excluding carboxylic acids is 1. The third-order valence-corrected chi connectivity index (χ3v) is 8.09. The van der Waals surface area contributed by atoms with Crippen molar-refractivity contribution in [2.24, 2.45) is 10.3 Å². The van der Waals surface area contributed by atoms with E-state index in [0.717, 1.165) is 10.2 Å². The number of sulfonamides is 1. The second-order valence-corrected chi connectivity index (χ2v) is 10.1. The van der Waals surface area contributed by atoms with Crippen LogP contribution in [-0.4, -0.2) is 50.2 Å². The molecule has 0 radical (unpaired) electrons. The Hall–Kier alpha value is -2.78. The van der Waals surface area contributed by atoms with Gasteiger partial charge in [-0.05, 0) is 37.1 Å². The first-order valence-electron chi connectivity index (χ1n) is 9.76. The molecule has 0 saturated carbocycles. The molecule has 1 amide bonds. The molecule has 2 aromatic carbocycles. The highest BCUT2D eigenvalue weighted by atomic mass is 32.2. The molecule has 154 valence electrons. The summed E-state index contributed by atoms with van der Waals surface area (Å²) in [6.07, 6.45) is 1.30. The number of para-hydroxylation sites is 1. The quantitative estimate of drug-likeness (QED) is 0.611. The van der Waals surface area contributed by atoms with Crippen LogP contribution in [0, 0.1) is 5.92 Å². The monoisotopic (exact) mass is 440 g/mol. The van der Waals surface area contributed by atoms with E-state index < -0.39 is 10.0 Å². The molecule has 1 fully saturated rings. The fourth-order valence-corrected chi connectivity index (χ4v) is 6.19. The Morgan fingerprint density at radius 3 is 2.57 bits per heavy atom. The van der Waals surface area contributed by atoms with Gasteiger partial charge in [0.15, 0.2) is 11.0 Å². The molecule has 2 aliphatic heterocycles. The number of carbonyl (C=O) groups is 1. The topological polar surface area (TPSA) is 82.9 Å². The number of hydrogen-bond donors (Lipinski definition) is 0. The first-order valence-corrected chi connectivity index (χ1v) is 12.0. The Morgan fingerprint density at radius 1 is 1.10 bits per heavy atom. The van der Waals surface area contributed by atoms with Gasteiger partial charge in [0.1, 0.15) is 4.90 Å². The molecule has 3 heterocycles. The smallest absolute Gasteiger partial charge is 0.285 e. The van der Waals surface area contributed by atoms with Crippen LogP contribution in [-0.2, 0) is 14.8 Å². The van der Waals surface area contributed by atoms with Crippen LogP contribution in [0.4, 0.5) is 5.13 Å². The van der Waals surface area contributed by atoms with Gasteiger partial charge in [-0.3, -0.25) is 9.69 Å². The van der Waals surface area contributed by atoms with E-state index in [9.17, 15) is 13.2 Å². The molecule has 30 heavy (non-hydrogen) atoms. The van der Waals surface area contributed by atoms with Crippen LogP contribution in [0.15, 0.2) is 57.8 Å². The number of thiazole rings is 1. The highest BCUT2D eigenvalue weighted by Gasteiger charge is 2.35. The SMILES string of the molecule is CN(C(=O)C1CCN(C2=NS(=O)(=O)c3ccccc32)CC1)c1nc2ccccc2s1. The summed E-state index contributed by atoms with van der Waals surface area (Å²) in [4.78, 5) is 21.5. The summed E-state index contributed by atoms with van der Waals surface area (Å²) in [6.45, 7) is 1.18. The first kappa shape index (κ1) is 19.2. The van der Waals surface area contributed by atoms with E-state index in [1.54, 1.807) is 30.1 Å². The maximum atomic E-state index is 13.1. The number of benzene rings is 2. The number of rotatable bonds is 2. The summed E-state index contributed by atoms with van der Waals surface area (Å²) in [5, 5.41) is 0.698. The van der Waals surface area contributed by atoms with Gasteiger partial charge in [-0.1, -0.05) is 35.6 Å². The van der Waals surface area contributed by atoms with Crippen LogP contribution in [0.3, 0.4) is 0 Å². The lowest BCUT2D eigenvalue weighted by molar-refractivity contribution is -0.123. The van der Waals surface area contributed by atoms with Crippen molar-refractivity contribution in [3.05, 3.63) is 54.1 Å². The van der Waals surface area contributed by atoms with Crippen molar-refractivity contribution in [3.8, 4) is 0 Å². The normalized spacial score (nSPS) is 18.3. The number of amidine groups is 1. The Morgan fingerprint density at radius 2 is 1.80 bits per heavy atom. The zero-order valence-corrected chi connectivity index (χ0v) is 18.0. The maximum absolute atomic E-state index is 13.1. The lowest BCUT2D eigenvalue weighted by atomic mass is 9.95. The van der Waals surface area contributed by atoms with Crippen LogP contribution < -0.4 is 4.90 Å². The fourth-order valence-electron chi connectivity index (χ4n) is 4.03. The summed E-state index contributed by atoms with van der Waals surface area (Å²) in [6, 6.07) is 14.7.